The van der Waals surface area contributed by atoms with Gasteiger partial charge in [-0.2, -0.15) is 13.2 Å². The first-order valence-corrected chi connectivity index (χ1v) is 6.80. The van der Waals surface area contributed by atoms with Crippen LogP contribution in [0, 0.1) is 5.92 Å². The largest absolute Gasteiger partial charge is 0.573 e. The summed E-state index contributed by atoms with van der Waals surface area (Å²) in [6, 6.07) is 2.08. The molecule has 1 atom stereocenters. The maximum atomic E-state index is 12.8. The van der Waals surface area contributed by atoms with Gasteiger partial charge in [0.2, 0.25) is 6.10 Å². The summed E-state index contributed by atoms with van der Waals surface area (Å²) >= 11 is 0. The van der Waals surface area contributed by atoms with Crippen LogP contribution in [-0.2, 0) is 6.42 Å². The van der Waals surface area contributed by atoms with Crippen LogP contribution < -0.4 is 9.47 Å². The number of fused-ring (bicyclic) bond motifs is 1. The maximum absolute atomic E-state index is 12.8. The molecule has 0 spiro atoms. The van der Waals surface area contributed by atoms with Gasteiger partial charge >= 0.3 is 12.5 Å². The number of ether oxygens (including phenoxy) is 2. The van der Waals surface area contributed by atoms with E-state index in [1.165, 1.54) is 0 Å². The number of halogens is 6. The zero-order chi connectivity index (χ0) is 17.4. The van der Waals surface area contributed by atoms with Crippen LogP contribution in [0.15, 0.2) is 18.2 Å². The second-order valence-corrected chi connectivity index (χ2v) is 5.59. The quantitative estimate of drug-likeness (QED) is 0.711. The molecular formula is C15H14F6O2. The van der Waals surface area contributed by atoms with Gasteiger partial charge in [0, 0.05) is 5.56 Å². The number of hydrogen-bond donors (Lipinski definition) is 0. The van der Waals surface area contributed by atoms with E-state index >= 15 is 0 Å². The predicted octanol–water partition coefficient (Wildman–Crippen LogP) is 5.12. The summed E-state index contributed by atoms with van der Waals surface area (Å²) in [6.07, 6.45) is -9.46. The van der Waals surface area contributed by atoms with Gasteiger partial charge in [-0.1, -0.05) is 19.9 Å². The van der Waals surface area contributed by atoms with E-state index in [-0.39, 0.29) is 29.2 Å². The van der Waals surface area contributed by atoms with E-state index in [0.717, 1.165) is 24.3 Å². The van der Waals surface area contributed by atoms with Crippen LogP contribution in [-0.4, -0.2) is 18.6 Å². The van der Waals surface area contributed by atoms with Gasteiger partial charge < -0.3 is 9.47 Å². The van der Waals surface area contributed by atoms with E-state index < -0.39 is 24.4 Å². The maximum Gasteiger partial charge on any atom is 0.573 e. The van der Waals surface area contributed by atoms with Gasteiger partial charge in [-0.25, -0.2) is 0 Å². The fourth-order valence-corrected chi connectivity index (χ4v) is 2.27. The average molecular weight is 340 g/mol. The van der Waals surface area contributed by atoms with E-state index in [2.05, 4.69) is 4.74 Å². The van der Waals surface area contributed by atoms with Crippen molar-refractivity contribution in [3.8, 4) is 11.5 Å². The lowest BCUT2D eigenvalue weighted by molar-refractivity contribution is -0.274. The minimum Gasteiger partial charge on any atom is -0.476 e. The molecule has 0 N–H and O–H groups in total. The molecule has 23 heavy (non-hydrogen) atoms. The lowest BCUT2D eigenvalue weighted by Crippen LogP contribution is -2.34. The monoisotopic (exact) mass is 340 g/mol. The Morgan fingerprint density at radius 1 is 1.13 bits per heavy atom. The van der Waals surface area contributed by atoms with Crippen molar-refractivity contribution >= 4 is 6.08 Å². The van der Waals surface area contributed by atoms with Crippen molar-refractivity contribution in [1.29, 1.82) is 0 Å². The Morgan fingerprint density at radius 2 is 1.78 bits per heavy atom. The van der Waals surface area contributed by atoms with E-state index in [0.29, 0.717) is 0 Å². The Hall–Kier alpha value is -1.86. The van der Waals surface area contributed by atoms with Gasteiger partial charge in [-0.15, -0.1) is 13.2 Å². The standard InChI is InChI=1S/C15H14F6O2/c1-8(2)5-10-7-11(23-15(19,20)21)6-9-3-4-12(14(16,17)18)22-13(9)10/h3-4,6-8,12H,5H2,1-2H3. The minimum absolute atomic E-state index is 0.0130. The first kappa shape index (κ1) is 17.5. The van der Waals surface area contributed by atoms with Crippen LogP contribution in [0.25, 0.3) is 6.08 Å². The molecule has 0 aliphatic carbocycles. The Kier molecular flexibility index (Phi) is 4.54. The summed E-state index contributed by atoms with van der Waals surface area (Å²) in [5, 5.41) is 0. The molecule has 0 amide bonds. The second-order valence-electron chi connectivity index (χ2n) is 5.59. The van der Waals surface area contributed by atoms with Crippen LogP contribution in [0.3, 0.4) is 0 Å². The highest BCUT2D eigenvalue weighted by atomic mass is 19.4. The van der Waals surface area contributed by atoms with E-state index in [9.17, 15) is 26.3 Å². The van der Waals surface area contributed by atoms with Crippen LogP contribution in [0.4, 0.5) is 26.3 Å². The minimum atomic E-state index is -4.88. The summed E-state index contributed by atoms with van der Waals surface area (Å²) < 4.78 is 84.3. The first-order chi connectivity index (χ1) is 10.5. The molecule has 0 bridgehead atoms. The SMILES string of the molecule is CC(C)Cc1cc(OC(F)(F)F)cc2c1OC(C(F)(F)F)C=C2. The lowest BCUT2D eigenvalue weighted by atomic mass is 9.97. The summed E-state index contributed by atoms with van der Waals surface area (Å²) in [5.41, 5.74) is 0.373. The van der Waals surface area contributed by atoms with Gasteiger partial charge in [-0.05, 0) is 36.1 Å². The lowest BCUT2D eigenvalue weighted by Gasteiger charge is -2.26. The number of alkyl halides is 6. The van der Waals surface area contributed by atoms with E-state index in [1.807, 2.05) is 0 Å². The third-order valence-corrected chi connectivity index (χ3v) is 3.05. The molecule has 0 fully saturated rings. The average Bonchev–Trinajstić information content (AvgIpc) is 2.34. The summed E-state index contributed by atoms with van der Waals surface area (Å²) in [6.45, 7) is 3.59. The summed E-state index contributed by atoms with van der Waals surface area (Å²) in [4.78, 5) is 0. The molecule has 1 heterocycles. The Morgan fingerprint density at radius 3 is 2.30 bits per heavy atom. The van der Waals surface area contributed by atoms with E-state index in [1.54, 1.807) is 13.8 Å². The molecule has 1 aliphatic rings. The Bertz CT molecular complexity index is 601. The topological polar surface area (TPSA) is 18.5 Å². The molecule has 0 aromatic heterocycles. The van der Waals surface area contributed by atoms with Crippen molar-refractivity contribution in [3.63, 3.8) is 0 Å². The molecule has 2 nitrogen and oxygen atoms in total. The van der Waals surface area contributed by atoms with Gasteiger partial charge in [0.25, 0.3) is 0 Å². The zero-order valence-electron chi connectivity index (χ0n) is 12.3. The highest BCUT2D eigenvalue weighted by molar-refractivity contribution is 5.65. The van der Waals surface area contributed by atoms with Crippen molar-refractivity contribution in [2.45, 2.75) is 38.9 Å². The Labute approximate surface area is 128 Å². The highest BCUT2D eigenvalue weighted by Crippen LogP contribution is 2.39. The summed E-state index contributed by atoms with van der Waals surface area (Å²) in [7, 11) is 0. The molecule has 1 unspecified atom stereocenters. The van der Waals surface area contributed by atoms with Crippen LogP contribution >= 0.6 is 0 Å². The summed E-state index contributed by atoms with van der Waals surface area (Å²) in [5.74, 6) is -0.525. The highest BCUT2D eigenvalue weighted by Gasteiger charge is 2.42. The fraction of sp³-hybridized carbons (Fsp3) is 0.467. The van der Waals surface area contributed by atoms with Crippen molar-refractivity contribution in [2.75, 3.05) is 0 Å². The van der Waals surface area contributed by atoms with Crippen molar-refractivity contribution < 1.29 is 35.8 Å². The smallest absolute Gasteiger partial charge is 0.476 e. The predicted molar refractivity (Wildman–Crippen MR) is 71.2 cm³/mol. The number of benzene rings is 1. The molecule has 0 saturated heterocycles. The molecule has 1 aliphatic heterocycles. The normalized spacial score (nSPS) is 17.9. The molecule has 2 rings (SSSR count). The molecule has 1 aromatic carbocycles. The van der Waals surface area contributed by atoms with Crippen molar-refractivity contribution in [3.05, 3.63) is 29.3 Å². The molecule has 1 aromatic rings. The molecule has 128 valence electrons. The molecule has 0 saturated carbocycles. The zero-order valence-corrected chi connectivity index (χ0v) is 12.3. The molecular weight excluding hydrogens is 326 g/mol. The van der Waals surface area contributed by atoms with Crippen molar-refractivity contribution in [2.24, 2.45) is 5.92 Å². The van der Waals surface area contributed by atoms with Crippen LogP contribution in [0.1, 0.15) is 25.0 Å². The third-order valence-electron chi connectivity index (χ3n) is 3.05. The number of rotatable bonds is 3. The first-order valence-electron chi connectivity index (χ1n) is 6.80. The van der Waals surface area contributed by atoms with Gasteiger partial charge in [0.1, 0.15) is 11.5 Å². The Balaban J connectivity index is 2.43. The van der Waals surface area contributed by atoms with Crippen LogP contribution in [0.2, 0.25) is 0 Å². The molecule has 0 radical (unpaired) electrons. The fourth-order valence-electron chi connectivity index (χ4n) is 2.27. The van der Waals surface area contributed by atoms with Gasteiger partial charge in [-0.3, -0.25) is 0 Å². The van der Waals surface area contributed by atoms with Crippen molar-refractivity contribution in [1.82, 2.24) is 0 Å². The van der Waals surface area contributed by atoms with Gasteiger partial charge in [0.15, 0.2) is 0 Å². The van der Waals surface area contributed by atoms with Gasteiger partial charge in [0.05, 0.1) is 0 Å². The second kappa shape index (κ2) is 5.98. The van der Waals surface area contributed by atoms with E-state index in [4.69, 9.17) is 4.74 Å². The third kappa shape index (κ3) is 4.56. The van der Waals surface area contributed by atoms with Crippen LogP contribution in [0.5, 0.6) is 11.5 Å². The number of hydrogen-bond acceptors (Lipinski definition) is 2. The molecule has 8 heteroatoms.